The van der Waals surface area contributed by atoms with E-state index in [1.807, 2.05) is 11.8 Å². The SMILES string of the molecule is Cc1cccc(CSc2cc(Br)ccc2CCN)c1. The highest BCUT2D eigenvalue weighted by molar-refractivity contribution is 9.10. The molecular weight excluding hydrogens is 318 g/mol. The lowest BCUT2D eigenvalue weighted by Gasteiger charge is -2.09. The Labute approximate surface area is 127 Å². The van der Waals surface area contributed by atoms with Gasteiger partial charge >= 0.3 is 0 Å². The van der Waals surface area contributed by atoms with Crippen LogP contribution < -0.4 is 5.73 Å². The van der Waals surface area contributed by atoms with Gasteiger partial charge in [-0.3, -0.25) is 0 Å². The summed E-state index contributed by atoms with van der Waals surface area (Å²) in [7, 11) is 0. The molecule has 1 nitrogen and oxygen atoms in total. The number of nitrogens with two attached hydrogens (primary N) is 1. The normalized spacial score (nSPS) is 10.7. The quantitative estimate of drug-likeness (QED) is 0.811. The van der Waals surface area contributed by atoms with Crippen LogP contribution in [-0.4, -0.2) is 6.54 Å². The number of benzene rings is 2. The van der Waals surface area contributed by atoms with Gasteiger partial charge in [0.15, 0.2) is 0 Å². The molecule has 2 rings (SSSR count). The molecule has 2 aromatic rings. The molecule has 3 heteroatoms. The zero-order valence-corrected chi connectivity index (χ0v) is 13.4. The van der Waals surface area contributed by atoms with Gasteiger partial charge in [-0.2, -0.15) is 0 Å². The summed E-state index contributed by atoms with van der Waals surface area (Å²) in [5.41, 5.74) is 9.69. The van der Waals surface area contributed by atoms with E-state index in [0.717, 1.165) is 16.6 Å². The Morgan fingerprint density at radius 1 is 1.16 bits per heavy atom. The minimum absolute atomic E-state index is 0.694. The van der Waals surface area contributed by atoms with Crippen molar-refractivity contribution in [2.24, 2.45) is 5.73 Å². The maximum absolute atomic E-state index is 5.67. The molecule has 0 spiro atoms. The molecular formula is C16H18BrNS. The molecule has 2 aromatic carbocycles. The van der Waals surface area contributed by atoms with Crippen LogP contribution in [-0.2, 0) is 12.2 Å². The molecule has 0 unspecified atom stereocenters. The van der Waals surface area contributed by atoms with Crippen molar-refractivity contribution in [2.45, 2.75) is 24.0 Å². The van der Waals surface area contributed by atoms with Crippen molar-refractivity contribution in [2.75, 3.05) is 6.54 Å². The van der Waals surface area contributed by atoms with Crippen LogP contribution in [0.1, 0.15) is 16.7 Å². The Balaban J connectivity index is 2.12. The fraction of sp³-hybridized carbons (Fsp3) is 0.250. The molecule has 0 saturated heterocycles. The van der Waals surface area contributed by atoms with Gasteiger partial charge in [-0.15, -0.1) is 11.8 Å². The average Bonchev–Trinajstić information content (AvgIpc) is 2.39. The molecule has 0 aromatic heterocycles. The molecule has 0 saturated carbocycles. The first-order valence-electron chi connectivity index (χ1n) is 6.36. The summed E-state index contributed by atoms with van der Waals surface area (Å²) in [6, 6.07) is 15.1. The first kappa shape index (κ1) is 14.6. The Morgan fingerprint density at radius 3 is 2.74 bits per heavy atom. The molecule has 0 radical (unpaired) electrons. The van der Waals surface area contributed by atoms with Crippen molar-refractivity contribution in [1.82, 2.24) is 0 Å². The van der Waals surface area contributed by atoms with E-state index in [9.17, 15) is 0 Å². The van der Waals surface area contributed by atoms with E-state index in [2.05, 4.69) is 65.3 Å². The van der Waals surface area contributed by atoms with Crippen molar-refractivity contribution in [3.63, 3.8) is 0 Å². The summed E-state index contributed by atoms with van der Waals surface area (Å²) in [6.45, 7) is 2.83. The lowest BCUT2D eigenvalue weighted by Crippen LogP contribution is -2.03. The first-order chi connectivity index (χ1) is 9.19. The van der Waals surface area contributed by atoms with Crippen LogP contribution in [0.4, 0.5) is 0 Å². The van der Waals surface area contributed by atoms with Crippen LogP contribution in [0.25, 0.3) is 0 Å². The highest BCUT2D eigenvalue weighted by atomic mass is 79.9. The second-order valence-corrected chi connectivity index (χ2v) is 6.50. The van der Waals surface area contributed by atoms with Crippen LogP contribution in [0.3, 0.4) is 0 Å². The third-order valence-electron chi connectivity index (χ3n) is 2.92. The van der Waals surface area contributed by atoms with Crippen LogP contribution in [0.15, 0.2) is 51.8 Å². The van der Waals surface area contributed by atoms with Crippen molar-refractivity contribution in [3.8, 4) is 0 Å². The van der Waals surface area contributed by atoms with Crippen LogP contribution in [0, 0.1) is 6.92 Å². The third kappa shape index (κ3) is 4.37. The van der Waals surface area contributed by atoms with E-state index < -0.39 is 0 Å². The Kier molecular flexibility index (Phi) is 5.49. The topological polar surface area (TPSA) is 26.0 Å². The summed E-state index contributed by atoms with van der Waals surface area (Å²) in [4.78, 5) is 1.32. The molecule has 0 amide bonds. The van der Waals surface area contributed by atoms with Crippen molar-refractivity contribution >= 4 is 27.7 Å². The smallest absolute Gasteiger partial charge is 0.0232 e. The maximum Gasteiger partial charge on any atom is 0.0232 e. The average molecular weight is 336 g/mol. The van der Waals surface area contributed by atoms with Crippen LogP contribution >= 0.6 is 27.7 Å². The van der Waals surface area contributed by atoms with E-state index in [1.165, 1.54) is 21.6 Å². The van der Waals surface area contributed by atoms with E-state index >= 15 is 0 Å². The number of hydrogen-bond donors (Lipinski definition) is 1. The largest absolute Gasteiger partial charge is 0.330 e. The number of rotatable bonds is 5. The lowest BCUT2D eigenvalue weighted by atomic mass is 10.1. The van der Waals surface area contributed by atoms with E-state index in [1.54, 1.807) is 0 Å². The van der Waals surface area contributed by atoms with Crippen molar-refractivity contribution in [1.29, 1.82) is 0 Å². The predicted molar refractivity (Wildman–Crippen MR) is 87.6 cm³/mol. The van der Waals surface area contributed by atoms with Crippen LogP contribution in [0.2, 0.25) is 0 Å². The molecule has 0 atom stereocenters. The van der Waals surface area contributed by atoms with Crippen molar-refractivity contribution in [3.05, 3.63) is 63.6 Å². The van der Waals surface area contributed by atoms with Gasteiger partial charge in [0.1, 0.15) is 0 Å². The molecule has 2 N–H and O–H groups in total. The van der Waals surface area contributed by atoms with Gasteiger partial charge in [-0.1, -0.05) is 51.8 Å². The molecule has 0 heterocycles. The summed E-state index contributed by atoms with van der Waals surface area (Å²) >= 11 is 5.42. The summed E-state index contributed by atoms with van der Waals surface area (Å²) in [5, 5.41) is 0. The number of thioether (sulfide) groups is 1. The van der Waals surface area contributed by atoms with Crippen molar-refractivity contribution < 1.29 is 0 Å². The molecule has 0 aliphatic heterocycles. The second-order valence-electron chi connectivity index (χ2n) is 4.57. The monoisotopic (exact) mass is 335 g/mol. The standard InChI is InChI=1S/C16H18BrNS/c1-12-3-2-4-13(9-12)11-19-16-10-15(17)6-5-14(16)7-8-18/h2-6,9-10H,7-8,11,18H2,1H3. The number of hydrogen-bond acceptors (Lipinski definition) is 2. The van der Waals surface area contributed by atoms with Gasteiger partial charge in [0, 0.05) is 15.1 Å². The molecule has 0 aliphatic rings. The lowest BCUT2D eigenvalue weighted by molar-refractivity contribution is 0.943. The van der Waals surface area contributed by atoms with Gasteiger partial charge < -0.3 is 5.73 Å². The molecule has 19 heavy (non-hydrogen) atoms. The fourth-order valence-corrected chi connectivity index (χ4v) is 3.57. The first-order valence-corrected chi connectivity index (χ1v) is 8.14. The highest BCUT2D eigenvalue weighted by Crippen LogP contribution is 2.29. The minimum Gasteiger partial charge on any atom is -0.330 e. The summed E-state index contributed by atoms with van der Waals surface area (Å²) in [6.07, 6.45) is 0.934. The third-order valence-corrected chi connectivity index (χ3v) is 4.58. The molecule has 0 aliphatic carbocycles. The van der Waals surface area contributed by atoms with E-state index in [-0.39, 0.29) is 0 Å². The summed E-state index contributed by atoms with van der Waals surface area (Å²) < 4.78 is 1.13. The molecule has 0 bridgehead atoms. The predicted octanol–water partition coefficient (Wildman–Crippen LogP) is 4.55. The maximum atomic E-state index is 5.67. The minimum atomic E-state index is 0.694. The summed E-state index contributed by atoms with van der Waals surface area (Å²) in [5.74, 6) is 0.996. The zero-order valence-electron chi connectivity index (χ0n) is 11.0. The van der Waals surface area contributed by atoms with Gasteiger partial charge in [-0.25, -0.2) is 0 Å². The zero-order chi connectivity index (χ0) is 13.7. The Hall–Kier alpha value is -0.770. The Bertz CT molecular complexity index is 554. The van der Waals surface area contributed by atoms with Gasteiger partial charge in [-0.05, 0) is 43.1 Å². The number of aryl methyl sites for hydroxylation is 1. The second kappa shape index (κ2) is 7.13. The molecule has 0 fully saturated rings. The fourth-order valence-electron chi connectivity index (χ4n) is 1.99. The molecule has 100 valence electrons. The number of halogens is 1. The Morgan fingerprint density at radius 2 is 2.00 bits per heavy atom. The van der Waals surface area contributed by atoms with Gasteiger partial charge in [0.2, 0.25) is 0 Å². The highest BCUT2D eigenvalue weighted by Gasteiger charge is 2.04. The van der Waals surface area contributed by atoms with E-state index in [4.69, 9.17) is 5.73 Å². The van der Waals surface area contributed by atoms with Gasteiger partial charge in [0.25, 0.3) is 0 Å². The van der Waals surface area contributed by atoms with E-state index in [0.29, 0.717) is 6.54 Å². The van der Waals surface area contributed by atoms with Gasteiger partial charge in [0.05, 0.1) is 0 Å². The van der Waals surface area contributed by atoms with Crippen LogP contribution in [0.5, 0.6) is 0 Å².